The van der Waals surface area contributed by atoms with Crippen LogP contribution in [0.15, 0.2) is 66.8 Å². The monoisotopic (exact) mass is 337 g/mol. The molecule has 1 aromatic heterocycles. The fraction of sp³-hybridized carbons (Fsp3) is 0.0526. The first-order valence-corrected chi connectivity index (χ1v) is 8.17. The van der Waals surface area contributed by atoms with E-state index in [1.807, 2.05) is 48.5 Å². The number of hydrogen-bond donors (Lipinski definition) is 1. The summed E-state index contributed by atoms with van der Waals surface area (Å²) in [5.41, 5.74) is 2.02. The highest BCUT2D eigenvalue weighted by atomic mass is 32.1. The van der Waals surface area contributed by atoms with Crippen LogP contribution in [0.25, 0.3) is 16.3 Å². The lowest BCUT2D eigenvalue weighted by molar-refractivity contribution is -0.131. The maximum absolute atomic E-state index is 10.4. The maximum atomic E-state index is 10.4. The smallest absolute Gasteiger partial charge is 0.328 e. The molecule has 4 nitrogen and oxygen atoms in total. The largest absolute Gasteiger partial charge is 0.489 e. The Labute approximate surface area is 143 Å². The average molecular weight is 337 g/mol. The van der Waals surface area contributed by atoms with Crippen LogP contribution in [-0.2, 0) is 11.4 Å². The molecule has 0 radical (unpaired) electrons. The molecular weight excluding hydrogens is 322 g/mol. The average Bonchev–Trinajstić information content (AvgIpc) is 2.99. The Hall–Kier alpha value is -2.92. The molecule has 0 bridgehead atoms. The van der Waals surface area contributed by atoms with Crippen molar-refractivity contribution >= 4 is 33.6 Å². The Morgan fingerprint density at radius 1 is 1.17 bits per heavy atom. The molecule has 0 spiro atoms. The number of thiazole rings is 1. The number of allylic oxidation sites excluding steroid dienone is 2. The molecule has 1 N–H and O–H groups in total. The minimum absolute atomic E-state index is 0.526. The number of nitrogens with zero attached hydrogens (tertiary/aromatic N) is 1. The number of carboxylic acids is 1. The molecule has 120 valence electrons. The van der Waals surface area contributed by atoms with Crippen LogP contribution in [-0.4, -0.2) is 16.1 Å². The van der Waals surface area contributed by atoms with E-state index in [-0.39, 0.29) is 0 Å². The van der Waals surface area contributed by atoms with Crippen LogP contribution in [0.1, 0.15) is 10.6 Å². The fourth-order valence-corrected chi connectivity index (χ4v) is 3.01. The Kier molecular flexibility index (Phi) is 5.03. The molecule has 1 heterocycles. The van der Waals surface area contributed by atoms with E-state index < -0.39 is 5.97 Å². The number of rotatable bonds is 6. The summed E-state index contributed by atoms with van der Waals surface area (Å²) in [6, 6.07) is 15.8. The molecule has 0 saturated carbocycles. The van der Waals surface area contributed by atoms with Gasteiger partial charge in [0, 0.05) is 6.08 Å². The summed E-state index contributed by atoms with van der Waals surface area (Å²) < 4.78 is 6.85. The number of ether oxygens (including phenoxy) is 1. The van der Waals surface area contributed by atoms with Crippen LogP contribution in [0, 0.1) is 0 Å². The summed E-state index contributed by atoms with van der Waals surface area (Å²) in [4.78, 5) is 14.9. The van der Waals surface area contributed by atoms with Gasteiger partial charge in [-0.05, 0) is 29.8 Å². The lowest BCUT2D eigenvalue weighted by Gasteiger charge is -2.05. The van der Waals surface area contributed by atoms with Crippen molar-refractivity contribution in [1.82, 2.24) is 4.98 Å². The van der Waals surface area contributed by atoms with Crippen LogP contribution in [0.3, 0.4) is 0 Å². The van der Waals surface area contributed by atoms with Crippen molar-refractivity contribution in [3.05, 3.63) is 77.3 Å². The van der Waals surface area contributed by atoms with E-state index in [0.717, 1.165) is 32.6 Å². The van der Waals surface area contributed by atoms with Crippen molar-refractivity contribution in [3.8, 4) is 5.75 Å². The van der Waals surface area contributed by atoms with Gasteiger partial charge in [-0.2, -0.15) is 0 Å². The number of fused-ring (bicyclic) bond motifs is 1. The van der Waals surface area contributed by atoms with Crippen molar-refractivity contribution in [2.75, 3.05) is 0 Å². The SMILES string of the molecule is O=C(O)/C=C/C=Cc1nc2ccc(OCc3ccccc3)cc2s1. The second kappa shape index (κ2) is 7.57. The van der Waals surface area contributed by atoms with E-state index in [9.17, 15) is 4.79 Å². The van der Waals surface area contributed by atoms with Gasteiger partial charge in [0.15, 0.2) is 0 Å². The number of carbonyl (C=O) groups is 1. The first-order valence-electron chi connectivity index (χ1n) is 7.36. The normalized spacial score (nSPS) is 11.5. The van der Waals surface area contributed by atoms with Crippen LogP contribution >= 0.6 is 11.3 Å². The molecule has 0 unspecified atom stereocenters. The molecular formula is C19H15NO3S. The molecule has 5 heteroatoms. The second-order valence-corrected chi connectivity index (χ2v) is 6.07. The van der Waals surface area contributed by atoms with Gasteiger partial charge in [0.25, 0.3) is 0 Å². The summed E-state index contributed by atoms with van der Waals surface area (Å²) in [5, 5.41) is 9.36. The number of aromatic nitrogens is 1. The third-order valence-corrected chi connectivity index (χ3v) is 4.20. The third kappa shape index (κ3) is 4.30. The Balaban J connectivity index is 1.70. The number of carboxylic acid groups (broad SMARTS) is 1. The van der Waals surface area contributed by atoms with Gasteiger partial charge in [0.2, 0.25) is 0 Å². The Morgan fingerprint density at radius 2 is 2.00 bits per heavy atom. The molecule has 2 aromatic carbocycles. The molecule has 3 aromatic rings. The minimum atomic E-state index is -0.968. The van der Waals surface area contributed by atoms with Crippen molar-refractivity contribution < 1.29 is 14.6 Å². The lowest BCUT2D eigenvalue weighted by Crippen LogP contribution is -1.94. The van der Waals surface area contributed by atoms with Crippen LogP contribution in [0.5, 0.6) is 5.75 Å². The molecule has 0 saturated heterocycles. The fourth-order valence-electron chi connectivity index (χ4n) is 2.10. The second-order valence-electron chi connectivity index (χ2n) is 5.01. The number of aliphatic carboxylic acids is 1. The zero-order valence-electron chi connectivity index (χ0n) is 12.8. The maximum Gasteiger partial charge on any atom is 0.328 e. The van der Waals surface area contributed by atoms with E-state index in [1.54, 1.807) is 12.2 Å². The molecule has 0 amide bonds. The summed E-state index contributed by atoms with van der Waals surface area (Å²) in [5.74, 6) is -0.166. The van der Waals surface area contributed by atoms with Gasteiger partial charge < -0.3 is 9.84 Å². The van der Waals surface area contributed by atoms with Crippen molar-refractivity contribution in [2.45, 2.75) is 6.61 Å². The first kappa shape index (κ1) is 16.0. The summed E-state index contributed by atoms with van der Waals surface area (Å²) >= 11 is 1.53. The van der Waals surface area contributed by atoms with Crippen LogP contribution in [0.2, 0.25) is 0 Å². The molecule has 0 atom stereocenters. The van der Waals surface area contributed by atoms with Gasteiger partial charge in [-0.15, -0.1) is 11.3 Å². The van der Waals surface area contributed by atoms with Crippen LogP contribution in [0.4, 0.5) is 0 Å². The van der Waals surface area contributed by atoms with Crippen LogP contribution < -0.4 is 4.74 Å². The van der Waals surface area contributed by atoms with E-state index in [2.05, 4.69) is 4.98 Å². The highest BCUT2D eigenvalue weighted by molar-refractivity contribution is 7.19. The quantitative estimate of drug-likeness (QED) is 0.530. The minimum Gasteiger partial charge on any atom is -0.489 e. The zero-order valence-corrected chi connectivity index (χ0v) is 13.6. The molecule has 0 aliphatic rings. The summed E-state index contributed by atoms with van der Waals surface area (Å²) in [6.07, 6.45) is 6.01. The van der Waals surface area contributed by atoms with Gasteiger partial charge >= 0.3 is 5.97 Å². The number of hydrogen-bond acceptors (Lipinski definition) is 4. The predicted octanol–water partition coefficient (Wildman–Crippen LogP) is 4.53. The molecule has 0 fully saturated rings. The van der Waals surface area contributed by atoms with Gasteiger partial charge in [-0.25, -0.2) is 9.78 Å². The summed E-state index contributed by atoms with van der Waals surface area (Å²) in [6.45, 7) is 0.526. The topological polar surface area (TPSA) is 59.4 Å². The number of benzene rings is 2. The molecule has 0 aliphatic heterocycles. The van der Waals surface area contributed by atoms with Crippen molar-refractivity contribution in [3.63, 3.8) is 0 Å². The Morgan fingerprint density at radius 3 is 2.79 bits per heavy atom. The van der Waals surface area contributed by atoms with E-state index in [0.29, 0.717) is 6.61 Å². The molecule has 3 rings (SSSR count). The van der Waals surface area contributed by atoms with Gasteiger partial charge in [0.05, 0.1) is 10.2 Å². The first-order chi connectivity index (χ1) is 11.7. The van der Waals surface area contributed by atoms with E-state index in [1.165, 1.54) is 17.4 Å². The predicted molar refractivity (Wildman–Crippen MR) is 96.2 cm³/mol. The van der Waals surface area contributed by atoms with E-state index >= 15 is 0 Å². The Bertz CT molecular complexity index is 897. The van der Waals surface area contributed by atoms with Gasteiger partial charge in [-0.3, -0.25) is 0 Å². The zero-order chi connectivity index (χ0) is 16.8. The third-order valence-electron chi connectivity index (χ3n) is 3.21. The highest BCUT2D eigenvalue weighted by Gasteiger charge is 2.03. The standard InChI is InChI=1S/C19H15NO3S/c21-19(22)9-5-4-8-18-20-16-11-10-15(12-17(16)24-18)23-13-14-6-2-1-3-7-14/h1-12H,13H2,(H,21,22)/b8-4?,9-5+. The lowest BCUT2D eigenvalue weighted by atomic mass is 10.2. The summed E-state index contributed by atoms with van der Waals surface area (Å²) in [7, 11) is 0. The van der Waals surface area contributed by atoms with Crippen molar-refractivity contribution in [1.29, 1.82) is 0 Å². The highest BCUT2D eigenvalue weighted by Crippen LogP contribution is 2.27. The van der Waals surface area contributed by atoms with Crippen molar-refractivity contribution in [2.24, 2.45) is 0 Å². The van der Waals surface area contributed by atoms with Gasteiger partial charge in [-0.1, -0.05) is 42.5 Å². The molecule has 24 heavy (non-hydrogen) atoms. The van der Waals surface area contributed by atoms with Gasteiger partial charge in [0.1, 0.15) is 17.4 Å². The van der Waals surface area contributed by atoms with E-state index in [4.69, 9.17) is 9.84 Å². The molecule has 0 aliphatic carbocycles.